The van der Waals surface area contributed by atoms with Crippen molar-refractivity contribution in [1.82, 2.24) is 0 Å². The van der Waals surface area contributed by atoms with Crippen LogP contribution in [0.25, 0.3) is 16.3 Å². The summed E-state index contributed by atoms with van der Waals surface area (Å²) in [5, 5.41) is 2.25. The lowest BCUT2D eigenvalue weighted by molar-refractivity contribution is -0.483. The van der Waals surface area contributed by atoms with Crippen molar-refractivity contribution in [2.45, 2.75) is 44.0 Å². The van der Waals surface area contributed by atoms with Gasteiger partial charge < -0.3 is 9.47 Å². The van der Waals surface area contributed by atoms with Crippen LogP contribution in [0.1, 0.15) is 37.7 Å². The van der Waals surface area contributed by atoms with E-state index in [9.17, 15) is 0 Å². The largest absolute Gasteiger partial charge is 0.457 e. The number of halogens is 1. The molecule has 1 aliphatic carbocycles. The van der Waals surface area contributed by atoms with Gasteiger partial charge in [-0.15, -0.1) is 12.4 Å². The molecule has 3 aromatic rings. The predicted molar refractivity (Wildman–Crippen MR) is 124 cm³/mol. The quantitative estimate of drug-likeness (QED) is 0.408. The van der Waals surface area contributed by atoms with E-state index in [4.69, 9.17) is 19.2 Å². The summed E-state index contributed by atoms with van der Waals surface area (Å²) in [7, 11) is 0. The highest BCUT2D eigenvalue weighted by Gasteiger charge is 2.41. The van der Waals surface area contributed by atoms with Gasteiger partial charge in [0.05, 0.1) is 6.61 Å². The van der Waals surface area contributed by atoms with Crippen molar-refractivity contribution in [2.75, 3.05) is 6.61 Å². The smallest absolute Gasteiger partial charge is 0.201 e. The van der Waals surface area contributed by atoms with Crippen molar-refractivity contribution < 1.29 is 19.2 Å². The molecule has 162 valence electrons. The number of benzene rings is 3. The molecule has 0 radical (unpaired) electrons. The summed E-state index contributed by atoms with van der Waals surface area (Å²) in [4.78, 5) is 11.4. The third-order valence-electron chi connectivity index (χ3n) is 6.02. The van der Waals surface area contributed by atoms with Crippen molar-refractivity contribution in [2.24, 2.45) is 0 Å². The maximum Gasteiger partial charge on any atom is 0.201 e. The van der Waals surface area contributed by atoms with Crippen LogP contribution in [0.4, 0.5) is 0 Å². The van der Waals surface area contributed by atoms with Crippen LogP contribution in [-0.4, -0.2) is 18.5 Å². The van der Waals surface area contributed by atoms with Crippen molar-refractivity contribution in [3.63, 3.8) is 0 Å². The summed E-state index contributed by atoms with van der Waals surface area (Å²) in [5.41, 5.74) is 1.83. The van der Waals surface area contributed by atoms with Crippen LogP contribution in [0.15, 0.2) is 73.3 Å². The number of fused-ring (bicyclic) bond motifs is 1. The molecule has 0 N–H and O–H groups in total. The molecule has 2 fully saturated rings. The molecule has 1 aliphatic heterocycles. The number of hydrogen-bond acceptors (Lipinski definition) is 4. The van der Waals surface area contributed by atoms with Crippen molar-refractivity contribution in [3.05, 3.63) is 78.9 Å². The molecule has 5 rings (SSSR count). The minimum absolute atomic E-state index is 0. The summed E-state index contributed by atoms with van der Waals surface area (Å²) >= 11 is 0. The molecule has 1 spiro atoms. The van der Waals surface area contributed by atoms with E-state index < -0.39 is 5.79 Å². The number of rotatable bonds is 4. The maximum absolute atomic E-state index is 6.14. The van der Waals surface area contributed by atoms with Gasteiger partial charge in [0.25, 0.3) is 0 Å². The first kappa shape index (κ1) is 21.8. The lowest BCUT2D eigenvalue weighted by atomic mass is 9.94. The van der Waals surface area contributed by atoms with Crippen LogP contribution in [0.2, 0.25) is 0 Å². The summed E-state index contributed by atoms with van der Waals surface area (Å²) in [5.74, 6) is 1.07. The van der Waals surface area contributed by atoms with Gasteiger partial charge >= 0.3 is 0 Å². The number of hydrogen-bond donors (Lipinski definition) is 0. The molecule has 4 nitrogen and oxygen atoms in total. The minimum Gasteiger partial charge on any atom is -0.457 e. The molecule has 0 bridgehead atoms. The van der Waals surface area contributed by atoms with Gasteiger partial charge in [0.1, 0.15) is 17.6 Å². The van der Waals surface area contributed by atoms with Crippen LogP contribution < -0.4 is 4.74 Å². The minimum atomic E-state index is -0.550. The Balaban J connectivity index is 0.00000231. The third kappa shape index (κ3) is 4.63. The zero-order valence-corrected chi connectivity index (χ0v) is 18.2. The highest BCUT2D eigenvalue weighted by atomic mass is 35.5. The average Bonchev–Trinajstić information content (AvgIpc) is 2.80. The van der Waals surface area contributed by atoms with Crippen LogP contribution >= 0.6 is 12.4 Å². The summed E-state index contributed by atoms with van der Waals surface area (Å²) in [6.07, 6.45) is 4.96. The molecule has 1 unspecified atom stereocenters. The highest BCUT2D eigenvalue weighted by Crippen LogP contribution is 2.38. The molecule has 1 atom stereocenters. The Morgan fingerprint density at radius 2 is 1.65 bits per heavy atom. The molecule has 1 saturated heterocycles. The second-order valence-corrected chi connectivity index (χ2v) is 8.08. The SMILES string of the molecule is C=C(c1ccc(Oc2cccc3ccccc23)cc1)C1COC2(CCCCC2)OO1.Cl. The fraction of sp³-hybridized carbons (Fsp3) is 0.308. The average molecular weight is 439 g/mol. The summed E-state index contributed by atoms with van der Waals surface area (Å²) in [6, 6.07) is 22.2. The molecule has 3 aromatic carbocycles. The fourth-order valence-electron chi connectivity index (χ4n) is 4.24. The molecule has 1 heterocycles. The van der Waals surface area contributed by atoms with E-state index in [-0.39, 0.29) is 18.5 Å². The van der Waals surface area contributed by atoms with E-state index >= 15 is 0 Å². The van der Waals surface area contributed by atoms with Crippen LogP contribution in [-0.2, 0) is 14.5 Å². The molecule has 5 heteroatoms. The Labute approximate surface area is 189 Å². The Bertz CT molecular complexity index is 1030. The maximum atomic E-state index is 6.14. The van der Waals surface area contributed by atoms with E-state index in [0.717, 1.165) is 59.1 Å². The standard InChI is InChI=1S/C26H26O4.ClH/c1-19(25-18-27-26(30-29-25)16-5-2-6-17-26)20-12-14-22(15-13-20)28-24-11-7-9-21-8-3-4-10-23(21)24;/h3-4,7-15,25H,1-2,5-6,16-18H2;1H. The second kappa shape index (κ2) is 9.41. The zero-order chi connectivity index (χ0) is 20.4. The van der Waals surface area contributed by atoms with Crippen molar-refractivity contribution >= 4 is 28.8 Å². The molecule has 31 heavy (non-hydrogen) atoms. The van der Waals surface area contributed by atoms with Gasteiger partial charge in [0.15, 0.2) is 0 Å². The Morgan fingerprint density at radius 3 is 2.39 bits per heavy atom. The lowest BCUT2D eigenvalue weighted by Crippen LogP contribution is -2.46. The third-order valence-corrected chi connectivity index (χ3v) is 6.02. The van der Waals surface area contributed by atoms with Gasteiger partial charge in [-0.1, -0.05) is 61.5 Å². The van der Waals surface area contributed by atoms with E-state index in [1.807, 2.05) is 48.5 Å². The second-order valence-electron chi connectivity index (χ2n) is 8.08. The van der Waals surface area contributed by atoms with Crippen LogP contribution in [0.3, 0.4) is 0 Å². The predicted octanol–water partition coefficient (Wildman–Crippen LogP) is 7.07. The van der Waals surface area contributed by atoms with E-state index in [2.05, 4.69) is 24.8 Å². The van der Waals surface area contributed by atoms with Crippen LogP contribution in [0.5, 0.6) is 11.5 Å². The summed E-state index contributed by atoms with van der Waals surface area (Å²) < 4.78 is 12.2. The molecule has 2 aliphatic rings. The fourth-order valence-corrected chi connectivity index (χ4v) is 4.24. The van der Waals surface area contributed by atoms with E-state index in [1.54, 1.807) is 0 Å². The van der Waals surface area contributed by atoms with E-state index in [1.165, 1.54) is 6.42 Å². The van der Waals surface area contributed by atoms with Gasteiger partial charge in [0, 0.05) is 18.2 Å². The van der Waals surface area contributed by atoms with Gasteiger partial charge in [0.2, 0.25) is 5.79 Å². The van der Waals surface area contributed by atoms with Gasteiger partial charge in [-0.2, -0.15) is 0 Å². The number of ether oxygens (including phenoxy) is 2. The Morgan fingerprint density at radius 1 is 0.903 bits per heavy atom. The van der Waals surface area contributed by atoms with Crippen LogP contribution in [0, 0.1) is 0 Å². The monoisotopic (exact) mass is 438 g/mol. The highest BCUT2D eigenvalue weighted by molar-refractivity contribution is 5.88. The molecule has 1 saturated carbocycles. The first-order valence-electron chi connectivity index (χ1n) is 10.7. The van der Waals surface area contributed by atoms with Gasteiger partial charge in [-0.3, -0.25) is 0 Å². The van der Waals surface area contributed by atoms with Gasteiger partial charge in [-0.05, 0) is 47.6 Å². The zero-order valence-electron chi connectivity index (χ0n) is 17.4. The first-order valence-corrected chi connectivity index (χ1v) is 10.7. The summed E-state index contributed by atoms with van der Waals surface area (Å²) in [6.45, 7) is 4.68. The normalized spacial score (nSPS) is 20.2. The van der Waals surface area contributed by atoms with Crippen molar-refractivity contribution in [3.8, 4) is 11.5 Å². The Hall–Kier alpha value is -2.37. The molecule has 0 aromatic heterocycles. The first-order chi connectivity index (χ1) is 14.7. The molecular weight excluding hydrogens is 412 g/mol. The van der Waals surface area contributed by atoms with Gasteiger partial charge in [-0.25, -0.2) is 9.78 Å². The molecular formula is C26H27ClO4. The lowest BCUT2D eigenvalue weighted by Gasteiger charge is -2.41. The topological polar surface area (TPSA) is 36.9 Å². The Kier molecular flexibility index (Phi) is 6.63. The van der Waals surface area contributed by atoms with E-state index in [0.29, 0.717) is 6.61 Å². The molecule has 0 amide bonds. The van der Waals surface area contributed by atoms with Crippen molar-refractivity contribution in [1.29, 1.82) is 0 Å².